The summed E-state index contributed by atoms with van der Waals surface area (Å²) in [6, 6.07) is 10.5. The van der Waals surface area contributed by atoms with Crippen molar-refractivity contribution in [2.45, 2.75) is 19.3 Å². The van der Waals surface area contributed by atoms with Crippen molar-refractivity contribution in [2.24, 2.45) is 0 Å². The smallest absolute Gasteiger partial charge is 0.200 e. The van der Waals surface area contributed by atoms with Gasteiger partial charge in [0.2, 0.25) is 0 Å². The highest BCUT2D eigenvalue weighted by Crippen LogP contribution is 2.42. The van der Waals surface area contributed by atoms with Gasteiger partial charge in [-0.2, -0.15) is 4.52 Å². The minimum Gasteiger partial charge on any atom is -0.236 e. The molecule has 1 aliphatic rings. The third kappa shape index (κ3) is 1.76. The van der Waals surface area contributed by atoms with Gasteiger partial charge in [0, 0.05) is 10.9 Å². The van der Waals surface area contributed by atoms with Crippen LogP contribution in [-0.4, -0.2) is 30.0 Å². The molecule has 4 heterocycles. The number of nitrogens with zero attached hydrogens (tertiary/aromatic N) is 6. The number of aryl methyl sites for hydroxylation is 1. The van der Waals surface area contributed by atoms with E-state index < -0.39 is 0 Å². The molecule has 0 unspecified atom stereocenters. The first kappa shape index (κ1) is 13.4. The number of fused-ring (bicyclic) bond motifs is 7. The lowest BCUT2D eigenvalue weighted by atomic mass is 10.0. The predicted molar refractivity (Wildman–Crippen MR) is 96.7 cm³/mol. The molecule has 0 bridgehead atoms. The van der Waals surface area contributed by atoms with Gasteiger partial charge in [0.1, 0.15) is 15.9 Å². The van der Waals surface area contributed by atoms with E-state index in [9.17, 15) is 0 Å². The fraction of sp³-hybridized carbons (Fsp3) is 0.167. The second kappa shape index (κ2) is 4.80. The summed E-state index contributed by atoms with van der Waals surface area (Å²) < 4.78 is 2.63. The summed E-state index contributed by atoms with van der Waals surface area (Å²) in [4.78, 5) is 10.7. The first-order chi connectivity index (χ1) is 12.4. The Morgan fingerprint density at radius 3 is 2.84 bits per heavy atom. The molecule has 120 valence electrons. The van der Waals surface area contributed by atoms with E-state index in [-0.39, 0.29) is 0 Å². The lowest BCUT2D eigenvalue weighted by Crippen LogP contribution is -1.94. The molecule has 0 N–H and O–H groups in total. The maximum Gasteiger partial charge on any atom is 0.200 e. The van der Waals surface area contributed by atoms with Crippen LogP contribution in [0.2, 0.25) is 0 Å². The van der Waals surface area contributed by atoms with E-state index in [1.54, 1.807) is 22.2 Å². The number of tetrazole rings is 1. The summed E-state index contributed by atoms with van der Waals surface area (Å²) in [6.45, 7) is 0. The Bertz CT molecular complexity index is 1270. The average Bonchev–Trinajstić information content (AvgIpc) is 3.37. The third-order valence-corrected chi connectivity index (χ3v) is 5.99. The van der Waals surface area contributed by atoms with Gasteiger partial charge < -0.3 is 0 Å². The molecule has 7 heteroatoms. The van der Waals surface area contributed by atoms with Crippen LogP contribution in [0.15, 0.2) is 36.7 Å². The van der Waals surface area contributed by atoms with Gasteiger partial charge in [0.05, 0.1) is 11.2 Å². The average molecular weight is 344 g/mol. The number of rotatable bonds is 1. The Morgan fingerprint density at radius 2 is 1.92 bits per heavy atom. The number of hydrogen-bond donors (Lipinski definition) is 0. The van der Waals surface area contributed by atoms with E-state index in [4.69, 9.17) is 4.98 Å². The molecule has 5 aromatic rings. The molecule has 0 aliphatic heterocycles. The van der Waals surface area contributed by atoms with Gasteiger partial charge in [-0.25, -0.2) is 9.97 Å². The van der Waals surface area contributed by atoms with Crippen LogP contribution in [0, 0.1) is 0 Å². The fourth-order valence-electron chi connectivity index (χ4n) is 3.85. The number of benzene rings is 1. The summed E-state index contributed by atoms with van der Waals surface area (Å²) in [7, 11) is 0. The maximum atomic E-state index is 5.05. The Balaban J connectivity index is 1.78. The van der Waals surface area contributed by atoms with E-state index in [0.717, 1.165) is 39.2 Å². The van der Waals surface area contributed by atoms with E-state index in [0.29, 0.717) is 0 Å². The van der Waals surface area contributed by atoms with E-state index in [1.165, 1.54) is 28.5 Å². The van der Waals surface area contributed by atoms with Crippen LogP contribution < -0.4 is 0 Å². The van der Waals surface area contributed by atoms with Crippen molar-refractivity contribution in [1.82, 2.24) is 30.0 Å². The second-order valence-electron chi connectivity index (χ2n) is 6.29. The van der Waals surface area contributed by atoms with Gasteiger partial charge in [-0.05, 0) is 40.8 Å². The van der Waals surface area contributed by atoms with E-state index in [2.05, 4.69) is 44.8 Å². The summed E-state index contributed by atoms with van der Waals surface area (Å²) in [5.41, 5.74) is 6.80. The van der Waals surface area contributed by atoms with Crippen molar-refractivity contribution in [3.63, 3.8) is 0 Å². The quantitative estimate of drug-likeness (QED) is 0.466. The molecule has 25 heavy (non-hydrogen) atoms. The zero-order chi connectivity index (χ0) is 16.4. The predicted octanol–water partition coefficient (Wildman–Crippen LogP) is 3.44. The van der Waals surface area contributed by atoms with Crippen LogP contribution in [0.1, 0.15) is 17.5 Å². The number of hydrogen-bond acceptors (Lipinski definition) is 6. The van der Waals surface area contributed by atoms with Gasteiger partial charge in [0.25, 0.3) is 0 Å². The van der Waals surface area contributed by atoms with Crippen molar-refractivity contribution in [2.75, 3.05) is 0 Å². The van der Waals surface area contributed by atoms with Crippen LogP contribution >= 0.6 is 11.3 Å². The summed E-state index contributed by atoms with van der Waals surface area (Å²) in [6.07, 6.45) is 5.02. The number of thiophene rings is 1. The van der Waals surface area contributed by atoms with Crippen molar-refractivity contribution >= 4 is 37.4 Å². The molecule has 0 spiro atoms. The lowest BCUT2D eigenvalue weighted by molar-refractivity contribution is 0.813. The molecule has 6 rings (SSSR count). The largest absolute Gasteiger partial charge is 0.236 e. The molecule has 0 saturated carbocycles. The third-order valence-electron chi connectivity index (χ3n) is 4.92. The number of pyridine rings is 1. The first-order valence-corrected chi connectivity index (χ1v) is 9.08. The molecule has 0 fully saturated rings. The van der Waals surface area contributed by atoms with Gasteiger partial charge in [-0.3, -0.25) is 0 Å². The fourth-order valence-corrected chi connectivity index (χ4v) is 4.98. The van der Waals surface area contributed by atoms with Crippen LogP contribution in [-0.2, 0) is 12.8 Å². The SMILES string of the molecule is c1ccc(-c2nc3sc4c(ncn5nnnc45)c3c3c2CCC3)cc1. The topological polar surface area (TPSA) is 68.9 Å². The van der Waals surface area contributed by atoms with Crippen LogP contribution in [0.25, 0.3) is 37.3 Å². The molecule has 0 amide bonds. The summed E-state index contributed by atoms with van der Waals surface area (Å²) >= 11 is 1.63. The molecule has 0 atom stereocenters. The van der Waals surface area contributed by atoms with E-state index in [1.807, 2.05) is 6.07 Å². The molecule has 0 radical (unpaired) electrons. The Hall–Kier alpha value is -2.93. The second-order valence-corrected chi connectivity index (χ2v) is 7.29. The van der Waals surface area contributed by atoms with Crippen LogP contribution in [0.5, 0.6) is 0 Å². The molecule has 0 saturated heterocycles. The molecular weight excluding hydrogens is 332 g/mol. The summed E-state index contributed by atoms with van der Waals surface area (Å²) in [5.74, 6) is 0. The van der Waals surface area contributed by atoms with Crippen molar-refractivity contribution in [3.8, 4) is 11.3 Å². The van der Waals surface area contributed by atoms with Crippen molar-refractivity contribution in [3.05, 3.63) is 47.8 Å². The monoisotopic (exact) mass is 344 g/mol. The standard InChI is InChI=1S/C18H12N6S/c1-2-5-10(6-3-1)14-12-8-4-7-11(12)13-15-16(25-18(13)20-14)17-21-22-23-24(17)9-19-15/h1-3,5-6,9H,4,7-8H2. The minimum atomic E-state index is 0.751. The van der Waals surface area contributed by atoms with Gasteiger partial charge in [-0.1, -0.05) is 30.3 Å². The molecule has 1 aromatic carbocycles. The van der Waals surface area contributed by atoms with Crippen LogP contribution in [0.3, 0.4) is 0 Å². The Kier molecular flexibility index (Phi) is 2.56. The van der Waals surface area contributed by atoms with Gasteiger partial charge >= 0.3 is 0 Å². The summed E-state index contributed by atoms with van der Waals surface area (Å²) in [5, 5.41) is 13.1. The highest BCUT2D eigenvalue weighted by Gasteiger charge is 2.24. The molecule has 6 nitrogen and oxygen atoms in total. The number of aromatic nitrogens is 6. The molecule has 1 aliphatic carbocycles. The van der Waals surface area contributed by atoms with Gasteiger partial charge in [-0.15, -0.1) is 16.4 Å². The van der Waals surface area contributed by atoms with Gasteiger partial charge in [0.15, 0.2) is 5.65 Å². The van der Waals surface area contributed by atoms with E-state index >= 15 is 0 Å². The molecular formula is C18H12N6S. The van der Waals surface area contributed by atoms with Crippen molar-refractivity contribution < 1.29 is 0 Å². The molecule has 4 aromatic heterocycles. The normalized spacial score (nSPS) is 13.9. The Labute approximate surface area is 146 Å². The lowest BCUT2D eigenvalue weighted by Gasteiger charge is -2.09. The highest BCUT2D eigenvalue weighted by atomic mass is 32.1. The van der Waals surface area contributed by atoms with Crippen LogP contribution in [0.4, 0.5) is 0 Å². The zero-order valence-corrected chi connectivity index (χ0v) is 14.0. The minimum absolute atomic E-state index is 0.751. The first-order valence-electron chi connectivity index (χ1n) is 8.26. The maximum absolute atomic E-state index is 5.05. The Morgan fingerprint density at radius 1 is 1.04 bits per heavy atom. The van der Waals surface area contributed by atoms with Crippen molar-refractivity contribution in [1.29, 1.82) is 0 Å². The highest BCUT2D eigenvalue weighted by molar-refractivity contribution is 7.26. The zero-order valence-electron chi connectivity index (χ0n) is 13.2.